The lowest BCUT2D eigenvalue weighted by atomic mass is 9.89. The molecule has 0 aromatic heterocycles. The van der Waals surface area contributed by atoms with Crippen molar-refractivity contribution in [2.45, 2.75) is 93.4 Å². The third-order valence-electron chi connectivity index (χ3n) is 7.12. The van der Waals surface area contributed by atoms with E-state index in [2.05, 4.69) is 5.32 Å². The summed E-state index contributed by atoms with van der Waals surface area (Å²) in [6.45, 7) is 1.16. The number of rotatable bonds is 8. The minimum absolute atomic E-state index is 0.106. The fourth-order valence-electron chi connectivity index (χ4n) is 4.84. The van der Waals surface area contributed by atoms with Gasteiger partial charge in [0.2, 0.25) is 12.0 Å². The highest BCUT2D eigenvalue weighted by Gasteiger charge is 2.55. The summed E-state index contributed by atoms with van der Waals surface area (Å²) in [7, 11) is 1.29. The molecule has 0 spiro atoms. The lowest BCUT2D eigenvalue weighted by molar-refractivity contribution is -0.439. The molecule has 0 radical (unpaired) electrons. The first-order valence-corrected chi connectivity index (χ1v) is 12.3. The lowest BCUT2D eigenvalue weighted by Crippen LogP contribution is -2.69. The Balaban J connectivity index is 1.78. The molecule has 1 amide bonds. The predicted molar refractivity (Wildman–Crippen MR) is 125 cm³/mol. The molecule has 0 aromatic rings. The van der Waals surface area contributed by atoms with Gasteiger partial charge in [0.25, 0.3) is 0 Å². The molecule has 3 saturated heterocycles. The van der Waals surface area contributed by atoms with Gasteiger partial charge in [-0.3, -0.25) is 4.79 Å². The summed E-state index contributed by atoms with van der Waals surface area (Å²) in [6, 6.07) is -3.50. The van der Waals surface area contributed by atoms with Crippen LogP contribution in [0, 0.1) is 5.92 Å². The molecule has 0 aromatic carbocycles. The molecule has 16 nitrogen and oxygen atoms in total. The summed E-state index contributed by atoms with van der Waals surface area (Å²) in [5.74, 6) is -1.15. The number of aliphatic hydroxyl groups excluding tert-OH is 6. The second-order valence-electron chi connectivity index (χ2n) is 9.67. The number of esters is 1. The Hall–Kier alpha value is -1.54. The SMILES string of the molecule is C[O+]=C1OC(CO)C(OC2OC(CO)C(OC3OC(CO)C(C)C(O)C3NC(C)=O)C(O)C2N)C(O)C1N. The van der Waals surface area contributed by atoms with Gasteiger partial charge in [-0.05, 0) is 0 Å². The van der Waals surface area contributed by atoms with Crippen molar-refractivity contribution in [1.82, 2.24) is 5.32 Å². The molecule has 3 fully saturated rings. The van der Waals surface area contributed by atoms with E-state index in [9.17, 15) is 35.4 Å². The van der Waals surface area contributed by atoms with Crippen molar-refractivity contribution < 1.29 is 63.5 Å². The van der Waals surface area contributed by atoms with Crippen LogP contribution in [0.2, 0.25) is 0 Å². The molecule has 16 heteroatoms. The molecule has 11 N–H and O–H groups in total. The summed E-state index contributed by atoms with van der Waals surface area (Å²) < 4.78 is 33.6. The number of aliphatic hydroxyl groups is 6. The number of nitrogens with one attached hydrogen (secondary N) is 1. The molecule has 220 valence electrons. The van der Waals surface area contributed by atoms with E-state index in [4.69, 9.17) is 39.6 Å². The van der Waals surface area contributed by atoms with Crippen molar-refractivity contribution in [3.05, 3.63) is 0 Å². The van der Waals surface area contributed by atoms with Crippen molar-refractivity contribution in [3.8, 4) is 0 Å². The highest BCUT2D eigenvalue weighted by atomic mass is 16.7. The average Bonchev–Trinajstić information content (AvgIpc) is 2.90. The Labute approximate surface area is 219 Å². The van der Waals surface area contributed by atoms with Gasteiger partial charge in [-0.1, -0.05) is 6.92 Å². The largest absolute Gasteiger partial charge is 0.505 e. The molecule has 0 bridgehead atoms. The zero-order chi connectivity index (χ0) is 28.3. The second kappa shape index (κ2) is 13.2. The predicted octanol–water partition coefficient (Wildman–Crippen LogP) is -5.85. The van der Waals surface area contributed by atoms with Crippen molar-refractivity contribution >= 4 is 11.9 Å². The Kier molecular flexibility index (Phi) is 10.8. The number of hydrogen-bond donors (Lipinski definition) is 9. The van der Waals surface area contributed by atoms with E-state index in [0.717, 1.165) is 0 Å². The van der Waals surface area contributed by atoms with Gasteiger partial charge >= 0.3 is 5.97 Å². The van der Waals surface area contributed by atoms with Crippen LogP contribution in [0.1, 0.15) is 13.8 Å². The van der Waals surface area contributed by atoms with Gasteiger partial charge in [-0.2, -0.15) is 0 Å². The molecule has 3 aliphatic heterocycles. The van der Waals surface area contributed by atoms with Gasteiger partial charge in [0.15, 0.2) is 31.8 Å². The van der Waals surface area contributed by atoms with E-state index in [1.807, 2.05) is 0 Å². The van der Waals surface area contributed by atoms with Crippen molar-refractivity contribution in [1.29, 1.82) is 0 Å². The maximum Gasteiger partial charge on any atom is 0.505 e. The number of carbonyl (C=O) groups is 1. The quantitative estimate of drug-likeness (QED) is 0.1000. The Morgan fingerprint density at radius 2 is 1.47 bits per heavy atom. The zero-order valence-electron chi connectivity index (χ0n) is 21.4. The van der Waals surface area contributed by atoms with Gasteiger partial charge < -0.3 is 75.5 Å². The van der Waals surface area contributed by atoms with Crippen LogP contribution in [-0.2, 0) is 32.9 Å². The number of ether oxygens (including phenoxy) is 5. The van der Waals surface area contributed by atoms with E-state index in [1.54, 1.807) is 6.92 Å². The number of carbonyl (C=O) groups excluding carboxylic acids is 2. The molecule has 0 aliphatic carbocycles. The molecule has 3 rings (SSSR count). The van der Waals surface area contributed by atoms with Crippen LogP contribution < -0.4 is 16.8 Å². The summed E-state index contributed by atoms with van der Waals surface area (Å²) >= 11 is 0. The molecule has 14 atom stereocenters. The van der Waals surface area contributed by atoms with Crippen molar-refractivity contribution in [2.75, 3.05) is 26.9 Å². The fraction of sp³-hybridized carbons (Fsp3) is 0.909. The minimum atomic E-state index is -1.54. The highest BCUT2D eigenvalue weighted by Crippen LogP contribution is 2.32. The maximum absolute atomic E-state index is 11.8. The summed E-state index contributed by atoms with van der Waals surface area (Å²) in [5, 5.41) is 64.4. The van der Waals surface area contributed by atoms with Gasteiger partial charge in [0.05, 0.1) is 31.5 Å². The van der Waals surface area contributed by atoms with Crippen LogP contribution in [0.4, 0.5) is 0 Å². The Morgan fingerprint density at radius 3 is 2.03 bits per heavy atom. The fourth-order valence-corrected chi connectivity index (χ4v) is 4.84. The number of nitrogens with two attached hydrogens (primary N) is 2. The summed E-state index contributed by atoms with van der Waals surface area (Å²) in [5.41, 5.74) is 12.1. The molecular formula is C22H40N3O13+. The van der Waals surface area contributed by atoms with Crippen LogP contribution in [0.15, 0.2) is 0 Å². The molecule has 3 heterocycles. The normalized spacial score (nSPS) is 47.0. The van der Waals surface area contributed by atoms with Crippen LogP contribution in [0.5, 0.6) is 0 Å². The topological polar surface area (TPSA) is 260 Å². The molecule has 38 heavy (non-hydrogen) atoms. The van der Waals surface area contributed by atoms with Gasteiger partial charge in [-0.15, -0.1) is 0 Å². The zero-order valence-corrected chi connectivity index (χ0v) is 21.4. The summed E-state index contributed by atoms with van der Waals surface area (Å²) in [4.78, 5) is 11.8. The van der Waals surface area contributed by atoms with Crippen molar-refractivity contribution in [3.63, 3.8) is 0 Å². The molecule has 14 unspecified atom stereocenters. The number of hydrogen-bond acceptors (Lipinski definition) is 14. The highest BCUT2D eigenvalue weighted by molar-refractivity contribution is 5.78. The number of cyclic esters (lactones) is 1. The third-order valence-corrected chi connectivity index (χ3v) is 7.12. The standard InChI is InChI=1S/C22H39N3O13/c1-7-9(4-26)34-22(14(15(7)30)25-8(2)29)38-19-11(6-28)36-21(13(24)17(19)32)37-18-10(5-27)35-20(33-3)12(23)16(18)31/h7,9-19,21-22,26-28,30-32H,4-6,23-24H2,1-3H3/p+1. The Morgan fingerprint density at radius 1 is 0.921 bits per heavy atom. The van der Waals surface area contributed by atoms with Gasteiger partial charge in [0, 0.05) is 12.8 Å². The smallest absolute Gasteiger partial charge is 0.394 e. The van der Waals surface area contributed by atoms with Crippen LogP contribution in [-0.4, -0.2) is 149 Å². The Bertz CT molecular complexity index is 817. The first kappa shape index (κ1) is 31.0. The minimum Gasteiger partial charge on any atom is -0.394 e. The van der Waals surface area contributed by atoms with Crippen LogP contribution in [0.3, 0.4) is 0 Å². The molecule has 0 saturated carbocycles. The van der Waals surface area contributed by atoms with Crippen molar-refractivity contribution in [2.24, 2.45) is 17.4 Å². The van der Waals surface area contributed by atoms with Crippen LogP contribution in [0.25, 0.3) is 0 Å². The van der Waals surface area contributed by atoms with Crippen LogP contribution >= 0.6 is 0 Å². The first-order valence-electron chi connectivity index (χ1n) is 12.3. The molecule has 3 aliphatic rings. The summed E-state index contributed by atoms with van der Waals surface area (Å²) in [6.07, 6.45) is -12.7. The van der Waals surface area contributed by atoms with E-state index >= 15 is 0 Å². The lowest BCUT2D eigenvalue weighted by Gasteiger charge is -2.48. The third kappa shape index (κ3) is 6.27. The van der Waals surface area contributed by atoms with E-state index < -0.39 is 111 Å². The average molecular weight is 555 g/mol. The second-order valence-corrected chi connectivity index (χ2v) is 9.67. The van der Waals surface area contributed by atoms with E-state index in [0.29, 0.717) is 0 Å². The van der Waals surface area contributed by atoms with E-state index in [-0.39, 0.29) is 5.97 Å². The monoisotopic (exact) mass is 554 g/mol. The first-order chi connectivity index (χ1) is 18.0. The van der Waals surface area contributed by atoms with Gasteiger partial charge in [0.1, 0.15) is 37.1 Å². The van der Waals surface area contributed by atoms with Gasteiger partial charge in [-0.25, -0.2) is 0 Å². The molecular weight excluding hydrogens is 514 g/mol. The number of amides is 1. The maximum atomic E-state index is 11.8. The van der Waals surface area contributed by atoms with E-state index in [1.165, 1.54) is 14.0 Å².